The number of hydrogen-bond donors (Lipinski definition) is 3. The SMILES string of the molecule is CCCCCCCC/C=C\CCCCCCCC(=O)OC(COC(=O)CCCCCCCCCCCCCCCCCC)COP(=O)(O)OCC(O)CO. The van der Waals surface area contributed by atoms with Gasteiger partial charge in [-0.25, -0.2) is 4.57 Å². The summed E-state index contributed by atoms with van der Waals surface area (Å²) < 4.78 is 32.7. The molecule has 0 amide bonds. The Bertz CT molecular complexity index is 915. The number of unbranched alkanes of at least 4 members (excludes halogenated alkanes) is 26. The van der Waals surface area contributed by atoms with Crippen molar-refractivity contribution >= 4 is 19.8 Å². The number of hydrogen-bond acceptors (Lipinski definition) is 9. The predicted octanol–water partition coefficient (Wildman–Crippen LogP) is 11.6. The summed E-state index contributed by atoms with van der Waals surface area (Å²) in [5.41, 5.74) is 0. The van der Waals surface area contributed by atoms with Crippen LogP contribution in [0.25, 0.3) is 0 Å². The van der Waals surface area contributed by atoms with Crippen molar-refractivity contribution in [2.45, 2.75) is 225 Å². The fourth-order valence-electron chi connectivity index (χ4n) is 6.22. The minimum atomic E-state index is -4.61. The molecule has 0 aliphatic rings. The van der Waals surface area contributed by atoms with E-state index in [2.05, 4.69) is 26.0 Å². The Morgan fingerprint density at radius 3 is 1.33 bits per heavy atom. The third kappa shape index (κ3) is 39.0. The highest BCUT2D eigenvalue weighted by atomic mass is 31.2. The number of phosphoric acid groups is 1. The van der Waals surface area contributed by atoms with Gasteiger partial charge in [-0.3, -0.25) is 18.6 Å². The van der Waals surface area contributed by atoms with Crippen LogP contribution >= 0.6 is 7.82 Å². The first-order valence-corrected chi connectivity index (χ1v) is 23.6. The van der Waals surface area contributed by atoms with Crippen molar-refractivity contribution in [3.05, 3.63) is 12.2 Å². The quantitative estimate of drug-likeness (QED) is 0.0236. The second-order valence-corrected chi connectivity index (χ2v) is 16.5. The van der Waals surface area contributed by atoms with Crippen LogP contribution in [0, 0.1) is 0 Å². The Balaban J connectivity index is 4.26. The second kappa shape index (κ2) is 39.9. The molecule has 0 rings (SSSR count). The lowest BCUT2D eigenvalue weighted by Crippen LogP contribution is -2.29. The molecule has 0 aliphatic heterocycles. The zero-order chi connectivity index (χ0) is 39.8. The van der Waals surface area contributed by atoms with Crippen LogP contribution in [-0.4, -0.2) is 65.7 Å². The van der Waals surface area contributed by atoms with Gasteiger partial charge in [-0.2, -0.15) is 0 Å². The number of aliphatic hydroxyl groups excluding tert-OH is 2. The molecule has 0 aromatic heterocycles. The summed E-state index contributed by atoms with van der Waals surface area (Å²) in [6, 6.07) is 0. The van der Waals surface area contributed by atoms with Gasteiger partial charge in [0.2, 0.25) is 0 Å². The van der Waals surface area contributed by atoms with E-state index < -0.39 is 51.8 Å². The molecule has 0 bridgehead atoms. The van der Waals surface area contributed by atoms with E-state index in [1.807, 2.05) is 0 Å². The van der Waals surface area contributed by atoms with E-state index in [-0.39, 0.29) is 19.4 Å². The molecule has 0 heterocycles. The average molecular weight is 791 g/mol. The molecule has 0 spiro atoms. The number of carbonyl (C=O) groups excluding carboxylic acids is 2. The van der Waals surface area contributed by atoms with Crippen molar-refractivity contribution in [2.24, 2.45) is 0 Å². The Morgan fingerprint density at radius 2 is 0.907 bits per heavy atom. The summed E-state index contributed by atoms with van der Waals surface area (Å²) in [5, 5.41) is 18.3. The van der Waals surface area contributed by atoms with E-state index in [0.29, 0.717) is 12.8 Å². The zero-order valence-electron chi connectivity index (χ0n) is 34.7. The van der Waals surface area contributed by atoms with Crippen molar-refractivity contribution in [1.82, 2.24) is 0 Å². The molecule has 10 nitrogen and oxygen atoms in total. The molecule has 11 heteroatoms. The van der Waals surface area contributed by atoms with Gasteiger partial charge in [0.1, 0.15) is 12.7 Å². The molecule has 0 radical (unpaired) electrons. The molecule has 3 unspecified atom stereocenters. The molecule has 0 aromatic carbocycles. The highest BCUT2D eigenvalue weighted by Gasteiger charge is 2.27. The Morgan fingerprint density at radius 1 is 0.537 bits per heavy atom. The maximum Gasteiger partial charge on any atom is 0.472 e. The maximum absolute atomic E-state index is 12.6. The number of phosphoric ester groups is 1. The minimum Gasteiger partial charge on any atom is -0.462 e. The molecule has 0 aromatic rings. The molecule has 0 saturated heterocycles. The molecule has 0 aliphatic carbocycles. The first kappa shape index (κ1) is 52.7. The third-order valence-electron chi connectivity index (χ3n) is 9.67. The van der Waals surface area contributed by atoms with E-state index in [0.717, 1.165) is 57.8 Å². The van der Waals surface area contributed by atoms with Gasteiger partial charge in [0.15, 0.2) is 6.10 Å². The number of carbonyl (C=O) groups is 2. The first-order valence-electron chi connectivity index (χ1n) is 22.1. The summed E-state index contributed by atoms with van der Waals surface area (Å²) in [5.74, 6) is -0.923. The number of allylic oxidation sites excluding steroid dienone is 2. The highest BCUT2D eigenvalue weighted by Crippen LogP contribution is 2.43. The maximum atomic E-state index is 12.6. The van der Waals surface area contributed by atoms with Gasteiger partial charge in [0, 0.05) is 12.8 Å². The van der Waals surface area contributed by atoms with E-state index in [1.165, 1.54) is 116 Å². The van der Waals surface area contributed by atoms with Crippen molar-refractivity contribution in [3.63, 3.8) is 0 Å². The Labute approximate surface area is 330 Å². The van der Waals surface area contributed by atoms with Crippen LogP contribution in [0.4, 0.5) is 0 Å². The lowest BCUT2D eigenvalue weighted by atomic mass is 10.0. The summed E-state index contributed by atoms with van der Waals surface area (Å²) in [6.07, 6.45) is 37.4. The number of ether oxygens (including phenoxy) is 2. The molecule has 3 N–H and O–H groups in total. The monoisotopic (exact) mass is 791 g/mol. The van der Waals surface area contributed by atoms with Crippen LogP contribution in [-0.2, 0) is 32.7 Å². The van der Waals surface area contributed by atoms with E-state index in [1.54, 1.807) is 0 Å². The summed E-state index contributed by atoms with van der Waals surface area (Å²) in [6.45, 7) is 2.39. The summed E-state index contributed by atoms with van der Waals surface area (Å²) in [7, 11) is -4.61. The molecule has 54 heavy (non-hydrogen) atoms. The van der Waals surface area contributed by atoms with Crippen molar-refractivity contribution < 1.29 is 47.8 Å². The standard InChI is InChI=1S/C43H83O10P/c1-3-5-7-9-11-13-15-17-19-21-22-24-26-28-30-32-34-42(46)50-38-41(39-52-54(48,49)51-37-40(45)36-44)53-43(47)35-33-31-29-27-25-23-20-18-16-14-12-10-8-6-4-2/h18,20,40-41,44-45H,3-17,19,21-39H2,1-2H3,(H,48,49)/b20-18-. The van der Waals surface area contributed by atoms with Crippen LogP contribution in [0.5, 0.6) is 0 Å². The predicted molar refractivity (Wildman–Crippen MR) is 219 cm³/mol. The van der Waals surface area contributed by atoms with Gasteiger partial charge in [-0.1, -0.05) is 174 Å². The lowest BCUT2D eigenvalue weighted by molar-refractivity contribution is -0.161. The van der Waals surface area contributed by atoms with Crippen LogP contribution in [0.15, 0.2) is 12.2 Å². The van der Waals surface area contributed by atoms with Gasteiger partial charge in [-0.15, -0.1) is 0 Å². The molecule has 3 atom stereocenters. The van der Waals surface area contributed by atoms with Crippen molar-refractivity contribution in [2.75, 3.05) is 26.4 Å². The Kier molecular flexibility index (Phi) is 39.0. The minimum absolute atomic E-state index is 0.178. The van der Waals surface area contributed by atoms with Gasteiger partial charge in [-0.05, 0) is 38.5 Å². The van der Waals surface area contributed by atoms with Crippen LogP contribution in [0.2, 0.25) is 0 Å². The molecule has 320 valence electrons. The van der Waals surface area contributed by atoms with Crippen LogP contribution in [0.1, 0.15) is 213 Å². The first-order chi connectivity index (χ1) is 26.2. The van der Waals surface area contributed by atoms with Crippen LogP contribution < -0.4 is 0 Å². The number of aliphatic hydroxyl groups is 2. The van der Waals surface area contributed by atoms with Crippen molar-refractivity contribution in [1.29, 1.82) is 0 Å². The lowest BCUT2D eigenvalue weighted by Gasteiger charge is -2.20. The average Bonchev–Trinajstić information content (AvgIpc) is 3.16. The normalized spacial score (nSPS) is 13.9. The fourth-order valence-corrected chi connectivity index (χ4v) is 7.01. The third-order valence-corrected chi connectivity index (χ3v) is 10.6. The second-order valence-electron chi connectivity index (χ2n) is 15.1. The van der Waals surface area contributed by atoms with Gasteiger partial charge in [0.05, 0.1) is 19.8 Å². The van der Waals surface area contributed by atoms with E-state index >= 15 is 0 Å². The fraction of sp³-hybridized carbons (Fsp3) is 0.907. The van der Waals surface area contributed by atoms with Crippen LogP contribution in [0.3, 0.4) is 0 Å². The van der Waals surface area contributed by atoms with Gasteiger partial charge in [0.25, 0.3) is 0 Å². The number of rotatable bonds is 42. The highest BCUT2D eigenvalue weighted by molar-refractivity contribution is 7.47. The van der Waals surface area contributed by atoms with Crippen molar-refractivity contribution in [3.8, 4) is 0 Å². The molecule has 0 fully saturated rings. The van der Waals surface area contributed by atoms with E-state index in [4.69, 9.17) is 23.6 Å². The topological polar surface area (TPSA) is 149 Å². The summed E-state index contributed by atoms with van der Waals surface area (Å²) in [4.78, 5) is 35.0. The van der Waals surface area contributed by atoms with E-state index in [9.17, 15) is 24.2 Å². The van der Waals surface area contributed by atoms with Gasteiger partial charge >= 0.3 is 19.8 Å². The zero-order valence-corrected chi connectivity index (χ0v) is 35.6. The summed E-state index contributed by atoms with van der Waals surface area (Å²) >= 11 is 0. The number of esters is 2. The largest absolute Gasteiger partial charge is 0.472 e. The molecular weight excluding hydrogens is 707 g/mol. The van der Waals surface area contributed by atoms with Gasteiger partial charge < -0.3 is 24.6 Å². The molecule has 0 saturated carbocycles. The smallest absolute Gasteiger partial charge is 0.462 e. The molecular formula is C43H83O10P. The Hall–Kier alpha value is -1.29.